The first-order valence-corrected chi connectivity index (χ1v) is 13.6. The number of nitrogens with one attached hydrogen (secondary N) is 2. The van der Waals surface area contributed by atoms with Gasteiger partial charge in [-0.15, -0.1) is 0 Å². The van der Waals surface area contributed by atoms with Crippen molar-refractivity contribution in [2.75, 3.05) is 0 Å². The van der Waals surface area contributed by atoms with Crippen molar-refractivity contribution in [2.24, 2.45) is 0 Å². The van der Waals surface area contributed by atoms with Crippen LogP contribution in [-0.4, -0.2) is 56.3 Å². The summed E-state index contributed by atoms with van der Waals surface area (Å²) < 4.78 is 66.3. The van der Waals surface area contributed by atoms with Crippen LogP contribution in [0.2, 0.25) is 0 Å². The number of rotatable bonds is 10. The number of ether oxygens (including phenoxy) is 2. The molecule has 1 aromatic heterocycles. The highest BCUT2D eigenvalue weighted by Gasteiger charge is 2.61. The predicted molar refractivity (Wildman–Crippen MR) is 134 cm³/mol. The molecule has 1 aliphatic heterocycles. The smallest absolute Gasteiger partial charge is 0.460 e. The molecule has 12 nitrogen and oxygen atoms in total. The van der Waals surface area contributed by atoms with E-state index in [-0.39, 0.29) is 5.75 Å². The van der Waals surface area contributed by atoms with Crippen molar-refractivity contribution in [1.82, 2.24) is 14.6 Å². The number of H-pyrrole nitrogens is 1. The van der Waals surface area contributed by atoms with Crippen LogP contribution in [0.5, 0.6) is 5.75 Å². The largest absolute Gasteiger partial charge is 0.462 e. The van der Waals surface area contributed by atoms with Gasteiger partial charge in [0, 0.05) is 0 Å². The molecule has 39 heavy (non-hydrogen) atoms. The lowest BCUT2D eigenvalue weighted by Gasteiger charge is -2.36. The highest BCUT2D eigenvalue weighted by Crippen LogP contribution is 2.53. The Morgan fingerprint density at radius 3 is 2.46 bits per heavy atom. The summed E-state index contributed by atoms with van der Waals surface area (Å²) in [5.74, 6) is -2.03. The Morgan fingerprint density at radius 2 is 1.87 bits per heavy atom. The van der Waals surface area contributed by atoms with Gasteiger partial charge in [-0.2, -0.15) is 9.48 Å². The first-order valence-electron chi connectivity index (χ1n) is 12.0. The fourth-order valence-electron chi connectivity index (χ4n) is 3.98. The fraction of sp³-hybridized carbons (Fsp3) is 0.542. The van der Waals surface area contributed by atoms with Crippen LogP contribution in [0.1, 0.15) is 47.8 Å². The van der Waals surface area contributed by atoms with E-state index < -0.39 is 72.6 Å². The number of aliphatic hydroxyl groups is 1. The lowest BCUT2D eigenvalue weighted by Crippen LogP contribution is -2.50. The van der Waals surface area contributed by atoms with Gasteiger partial charge in [0.15, 0.2) is 11.9 Å². The van der Waals surface area contributed by atoms with Crippen LogP contribution in [-0.2, 0) is 23.4 Å². The third-order valence-electron chi connectivity index (χ3n) is 5.87. The molecule has 3 rings (SSSR count). The van der Waals surface area contributed by atoms with E-state index in [0.717, 1.165) is 6.92 Å². The maximum atomic E-state index is 15.8. The molecule has 1 aromatic carbocycles. The third-order valence-corrected chi connectivity index (χ3v) is 7.73. The second kappa shape index (κ2) is 11.3. The number of aromatic amines is 1. The number of halogens is 2. The molecule has 1 aliphatic rings. The van der Waals surface area contributed by atoms with Crippen LogP contribution in [0.4, 0.5) is 8.78 Å². The number of alkyl halides is 1. The molecular weight excluding hydrogens is 543 g/mol. The monoisotopic (exact) mass is 575 g/mol. The first kappa shape index (κ1) is 30.6. The van der Waals surface area contributed by atoms with Crippen LogP contribution >= 0.6 is 7.75 Å². The molecule has 1 saturated heterocycles. The number of para-hydroxylation sites is 1. The number of nitrogens with zero attached hydrogens (tertiary/aromatic N) is 1. The molecule has 0 radical (unpaired) electrons. The number of carbonyl (C=O) groups is 1. The van der Waals surface area contributed by atoms with Gasteiger partial charge in [0.25, 0.3) is 5.56 Å². The van der Waals surface area contributed by atoms with Crippen molar-refractivity contribution in [1.29, 1.82) is 0 Å². The molecule has 0 saturated carbocycles. The lowest BCUT2D eigenvalue weighted by molar-refractivity contribution is -0.149. The minimum Gasteiger partial charge on any atom is -0.462 e. The summed E-state index contributed by atoms with van der Waals surface area (Å²) in [4.78, 5) is 37.8. The van der Waals surface area contributed by atoms with E-state index in [9.17, 15) is 28.4 Å². The van der Waals surface area contributed by atoms with Gasteiger partial charge in [-0.25, -0.2) is 13.8 Å². The van der Waals surface area contributed by atoms with E-state index in [4.69, 9.17) is 18.5 Å². The molecule has 0 amide bonds. The Bertz CT molecular complexity index is 1350. The fourth-order valence-corrected chi connectivity index (χ4v) is 5.83. The number of aromatic nitrogens is 2. The molecule has 3 N–H and O–H groups in total. The highest BCUT2D eigenvalue weighted by atomic mass is 31.2. The van der Waals surface area contributed by atoms with Crippen LogP contribution in [0.25, 0.3) is 0 Å². The average Bonchev–Trinajstić information content (AvgIpc) is 3.05. The van der Waals surface area contributed by atoms with Crippen molar-refractivity contribution < 1.29 is 41.8 Å². The molecule has 0 bridgehead atoms. The van der Waals surface area contributed by atoms with Gasteiger partial charge in [-0.05, 0) is 53.7 Å². The molecule has 6 atom stereocenters. The summed E-state index contributed by atoms with van der Waals surface area (Å²) >= 11 is 0. The molecule has 2 unspecified atom stereocenters. The summed E-state index contributed by atoms with van der Waals surface area (Å²) in [6.45, 7) is 8.18. The topological polar surface area (TPSA) is 158 Å². The van der Waals surface area contributed by atoms with E-state index in [1.165, 1.54) is 32.9 Å². The molecule has 0 spiro atoms. The highest BCUT2D eigenvalue weighted by molar-refractivity contribution is 7.52. The summed E-state index contributed by atoms with van der Waals surface area (Å²) in [6, 6.07) is 6.67. The summed E-state index contributed by atoms with van der Waals surface area (Å²) in [5.41, 5.74) is -7.01. The molecule has 15 heteroatoms. The Morgan fingerprint density at radius 1 is 1.26 bits per heavy atom. The predicted octanol–water partition coefficient (Wildman–Crippen LogP) is 2.57. The number of carbonyl (C=O) groups excluding carboxylic acids is 1. The van der Waals surface area contributed by atoms with Gasteiger partial charge in [0.2, 0.25) is 5.82 Å². The minimum atomic E-state index is -4.49. The standard InChI is InChI=1S/C24H32F2N3O9P/c1-13(2)35-20(32)14(3)28-39(34,37-15-10-8-7-9-11-15)38-23(4,5)18-17(30)24(6,26)21(36-18)29-12-16(25)19(31)27-22(29)33/h7-14,17-18,21,30H,1-6H3,(H,28,34)(H,27,31,33)/t14-,17?,18-,21+,24+,39?/m0/s1. The molecule has 2 heterocycles. The Labute approximate surface area is 222 Å². The van der Waals surface area contributed by atoms with Crippen LogP contribution in [0, 0.1) is 5.82 Å². The van der Waals surface area contributed by atoms with Gasteiger partial charge in [0.05, 0.1) is 12.3 Å². The summed E-state index contributed by atoms with van der Waals surface area (Å²) in [5, 5.41) is 13.4. The molecule has 2 aromatic rings. The van der Waals surface area contributed by atoms with E-state index in [0.29, 0.717) is 10.8 Å². The van der Waals surface area contributed by atoms with Gasteiger partial charge in [-0.1, -0.05) is 18.2 Å². The number of aliphatic hydroxyl groups excluding tert-OH is 1. The van der Waals surface area contributed by atoms with Crippen molar-refractivity contribution >= 4 is 13.7 Å². The maximum Gasteiger partial charge on any atom is 0.460 e. The summed E-state index contributed by atoms with van der Waals surface area (Å²) in [6.07, 6.45) is -5.50. The first-order chi connectivity index (χ1) is 18.0. The summed E-state index contributed by atoms with van der Waals surface area (Å²) in [7, 11) is -4.49. The SMILES string of the molecule is CC(C)OC(=O)[C@H](C)NP(=O)(Oc1ccccc1)OC(C)(C)[C@H]1O[C@@H](n2cc(F)c(=O)[nH]c2=O)[C@](C)(F)C1O. The van der Waals surface area contributed by atoms with Gasteiger partial charge < -0.3 is 19.1 Å². The average molecular weight is 576 g/mol. The zero-order valence-electron chi connectivity index (χ0n) is 22.2. The lowest BCUT2D eigenvalue weighted by atomic mass is 9.90. The van der Waals surface area contributed by atoms with E-state index >= 15 is 4.39 Å². The van der Waals surface area contributed by atoms with Crippen molar-refractivity contribution in [3.8, 4) is 5.75 Å². The van der Waals surface area contributed by atoms with Crippen molar-refractivity contribution in [3.63, 3.8) is 0 Å². The van der Waals surface area contributed by atoms with Crippen LogP contribution in [0.3, 0.4) is 0 Å². The third kappa shape index (κ3) is 6.82. The minimum absolute atomic E-state index is 0.102. The van der Waals surface area contributed by atoms with E-state index in [1.54, 1.807) is 37.0 Å². The Kier molecular flexibility index (Phi) is 8.88. The zero-order valence-corrected chi connectivity index (χ0v) is 23.1. The molecule has 216 valence electrons. The second-order valence-electron chi connectivity index (χ2n) is 10.1. The van der Waals surface area contributed by atoms with E-state index in [2.05, 4.69) is 5.09 Å². The quantitative estimate of drug-likeness (QED) is 0.284. The van der Waals surface area contributed by atoms with Gasteiger partial charge in [-0.3, -0.25) is 23.7 Å². The molecular formula is C24H32F2N3O9P. The number of esters is 1. The zero-order chi connectivity index (χ0) is 29.3. The molecule has 0 aliphatic carbocycles. The van der Waals surface area contributed by atoms with Crippen LogP contribution < -0.4 is 20.9 Å². The Balaban J connectivity index is 1.94. The number of hydrogen-bond donors (Lipinski definition) is 3. The number of benzene rings is 1. The second-order valence-corrected chi connectivity index (χ2v) is 11.7. The normalized spacial score (nSPS) is 25.7. The van der Waals surface area contributed by atoms with Crippen molar-refractivity contribution in [2.45, 2.75) is 83.4 Å². The van der Waals surface area contributed by atoms with E-state index in [1.807, 2.05) is 0 Å². The van der Waals surface area contributed by atoms with Gasteiger partial charge in [0.1, 0.15) is 29.6 Å². The number of hydrogen-bond acceptors (Lipinski definition) is 9. The van der Waals surface area contributed by atoms with Gasteiger partial charge >= 0.3 is 19.4 Å². The Hall–Kier alpha value is -2.90. The van der Waals surface area contributed by atoms with Crippen LogP contribution in [0.15, 0.2) is 46.1 Å². The van der Waals surface area contributed by atoms with Crippen molar-refractivity contribution in [3.05, 3.63) is 63.2 Å². The maximum absolute atomic E-state index is 15.8. The molecule has 1 fully saturated rings.